The highest BCUT2D eigenvalue weighted by Gasteiger charge is 1.89. The molecule has 0 unspecified atom stereocenters. The van der Waals surface area contributed by atoms with Crippen molar-refractivity contribution in [2.45, 2.75) is 38.5 Å². The van der Waals surface area contributed by atoms with Crippen LogP contribution in [0.5, 0.6) is 0 Å². The van der Waals surface area contributed by atoms with Gasteiger partial charge in [-0.2, -0.15) is 0 Å². The number of hydrogen-bond donors (Lipinski definition) is 0. The van der Waals surface area contributed by atoms with Gasteiger partial charge in [-0.1, -0.05) is 25.0 Å². The van der Waals surface area contributed by atoms with Gasteiger partial charge < -0.3 is 0 Å². The Morgan fingerprint density at radius 1 is 0.917 bits per heavy atom. The topological polar surface area (TPSA) is 17.1 Å². The largest absolute Gasteiger partial charge is 0.313 e. The van der Waals surface area contributed by atoms with E-state index in [1.54, 1.807) is 0 Å². The van der Waals surface area contributed by atoms with Gasteiger partial charge in [0, 0.05) is 0 Å². The third kappa shape index (κ3) is 12.6. The maximum absolute atomic E-state index is 8.98. The van der Waals surface area contributed by atoms with Crippen LogP contribution in [0.4, 0.5) is 4.79 Å². The van der Waals surface area contributed by atoms with E-state index in [0.29, 0.717) is 0 Å². The third-order valence-electron chi connectivity index (χ3n) is 1.66. The van der Waals surface area contributed by atoms with Crippen molar-refractivity contribution in [2.24, 2.45) is 0 Å². The van der Waals surface area contributed by atoms with Gasteiger partial charge in [0.2, 0.25) is 0 Å². The zero-order chi connectivity index (χ0) is 9.23. The lowest BCUT2D eigenvalue weighted by atomic mass is 10.1. The highest BCUT2D eigenvalue weighted by atomic mass is 35.5. The van der Waals surface area contributed by atoms with Crippen molar-refractivity contribution in [3.63, 3.8) is 0 Å². The van der Waals surface area contributed by atoms with Crippen molar-refractivity contribution in [3.05, 3.63) is 12.2 Å². The van der Waals surface area contributed by atoms with Gasteiger partial charge in [0.25, 0.3) is 0 Å². The van der Waals surface area contributed by atoms with Gasteiger partial charge in [0.05, 0.1) is 0 Å². The van der Waals surface area contributed by atoms with Crippen LogP contribution in [0.1, 0.15) is 38.5 Å². The summed E-state index contributed by atoms with van der Waals surface area (Å²) in [5.74, 6) is 0. The summed E-state index contributed by atoms with van der Waals surface area (Å²) in [6, 6.07) is 0. The number of allylic oxidation sites excluding steroid dienone is 2. The summed E-state index contributed by atoms with van der Waals surface area (Å²) in [4.78, 5) is 8.98. The predicted molar refractivity (Wildman–Crippen MR) is 53.9 cm³/mol. The molecule has 0 aromatic carbocycles. The van der Waals surface area contributed by atoms with Crippen molar-refractivity contribution < 1.29 is 4.79 Å². The monoisotopic (exact) mass is 208 g/mol. The molecule has 0 radical (unpaired) electrons. The van der Waals surface area contributed by atoms with Gasteiger partial charge in [-0.15, -0.1) is 0 Å². The average molecular weight is 209 g/mol. The third-order valence-corrected chi connectivity index (χ3v) is 1.66. The highest BCUT2D eigenvalue weighted by molar-refractivity contribution is 6.93. The van der Waals surface area contributed by atoms with Crippen LogP contribution in [0.25, 0.3) is 0 Å². The minimum Gasteiger partial charge on any atom is -0.262 e. The van der Waals surface area contributed by atoms with Crippen LogP contribution in [0, 0.1) is 0 Å². The Hall–Kier alpha value is -0.0100. The smallest absolute Gasteiger partial charge is 0.262 e. The van der Waals surface area contributed by atoms with Gasteiger partial charge in [-0.25, -0.2) is 0 Å². The quantitative estimate of drug-likeness (QED) is 0.424. The second-order valence-electron chi connectivity index (χ2n) is 2.69. The first-order chi connectivity index (χ1) is 5.73. The molecule has 1 aliphatic rings. The number of hydrogen-bond acceptors (Lipinski definition) is 1. The Morgan fingerprint density at radius 2 is 1.25 bits per heavy atom. The molecule has 0 saturated heterocycles. The fraction of sp³-hybridized carbons (Fsp3) is 0.667. The van der Waals surface area contributed by atoms with E-state index >= 15 is 0 Å². The molecule has 3 heteroatoms. The number of carbonyl (C=O) groups excluding carboxylic acids is 1. The Morgan fingerprint density at radius 3 is 1.58 bits per heavy atom. The van der Waals surface area contributed by atoms with Crippen LogP contribution in [-0.2, 0) is 0 Å². The molecule has 0 heterocycles. The first kappa shape index (κ1) is 12.0. The Kier molecular flexibility index (Phi) is 9.07. The van der Waals surface area contributed by atoms with Crippen LogP contribution < -0.4 is 0 Å². The fourth-order valence-electron chi connectivity index (χ4n) is 1.11. The zero-order valence-corrected chi connectivity index (χ0v) is 8.57. The zero-order valence-electron chi connectivity index (χ0n) is 7.06. The van der Waals surface area contributed by atoms with Gasteiger partial charge >= 0.3 is 4.70 Å². The first-order valence-corrected chi connectivity index (χ1v) is 4.99. The Bertz CT molecular complexity index is 129. The number of halogens is 2. The molecule has 0 atom stereocenters. The van der Waals surface area contributed by atoms with E-state index in [2.05, 4.69) is 35.4 Å². The van der Waals surface area contributed by atoms with Crippen molar-refractivity contribution >= 4 is 27.9 Å². The summed E-state index contributed by atoms with van der Waals surface area (Å²) >= 11 is 8.80. The molecule has 0 amide bonds. The molecule has 0 spiro atoms. The minimum atomic E-state index is -0.889. The molecule has 0 fully saturated rings. The molecule has 1 aliphatic carbocycles. The SMILES string of the molecule is C1=CCCCCCC1.O=C(Cl)Cl. The van der Waals surface area contributed by atoms with Crippen LogP contribution in [0.3, 0.4) is 0 Å². The number of rotatable bonds is 0. The summed E-state index contributed by atoms with van der Waals surface area (Å²) in [5, 5.41) is 0. The van der Waals surface area contributed by atoms with Gasteiger partial charge in [0.1, 0.15) is 0 Å². The molecule has 0 bridgehead atoms. The minimum absolute atomic E-state index is 0.889. The summed E-state index contributed by atoms with van der Waals surface area (Å²) in [6.45, 7) is 0. The molecular weight excluding hydrogens is 195 g/mol. The summed E-state index contributed by atoms with van der Waals surface area (Å²) < 4.78 is -0.889. The molecule has 1 nitrogen and oxygen atoms in total. The lowest BCUT2D eigenvalue weighted by Crippen LogP contribution is -1.80. The van der Waals surface area contributed by atoms with Crippen molar-refractivity contribution in [2.75, 3.05) is 0 Å². The van der Waals surface area contributed by atoms with Crippen LogP contribution in [0.2, 0.25) is 0 Å². The normalized spacial score (nSPS) is 16.8. The maximum atomic E-state index is 8.98. The molecule has 0 aromatic heterocycles. The summed E-state index contributed by atoms with van der Waals surface area (Å²) in [7, 11) is 0. The summed E-state index contributed by atoms with van der Waals surface area (Å²) in [6.07, 6.45) is 13.0. The van der Waals surface area contributed by atoms with Gasteiger partial charge in [0.15, 0.2) is 0 Å². The molecule has 0 aliphatic heterocycles. The molecule has 0 aromatic rings. The van der Waals surface area contributed by atoms with Crippen molar-refractivity contribution in [1.29, 1.82) is 0 Å². The van der Waals surface area contributed by atoms with E-state index in [1.165, 1.54) is 38.5 Å². The lowest BCUT2D eigenvalue weighted by Gasteiger charge is -2.00. The average Bonchev–Trinajstić information content (AvgIpc) is 1.82. The van der Waals surface area contributed by atoms with E-state index < -0.39 is 4.70 Å². The molecular formula is C9H14Cl2O. The summed E-state index contributed by atoms with van der Waals surface area (Å²) in [5.41, 5.74) is 0. The Balaban J connectivity index is 0.000000261. The van der Waals surface area contributed by atoms with Gasteiger partial charge in [-0.05, 0) is 48.9 Å². The van der Waals surface area contributed by atoms with Crippen LogP contribution >= 0.6 is 23.2 Å². The highest BCUT2D eigenvalue weighted by Crippen LogP contribution is 2.09. The van der Waals surface area contributed by atoms with E-state index in [1.807, 2.05) is 0 Å². The first-order valence-electron chi connectivity index (χ1n) is 4.23. The van der Waals surface area contributed by atoms with E-state index in [-0.39, 0.29) is 0 Å². The van der Waals surface area contributed by atoms with Crippen molar-refractivity contribution in [1.82, 2.24) is 0 Å². The molecule has 0 N–H and O–H groups in total. The van der Waals surface area contributed by atoms with E-state index in [9.17, 15) is 0 Å². The second kappa shape index (κ2) is 9.08. The molecule has 70 valence electrons. The van der Waals surface area contributed by atoms with E-state index in [0.717, 1.165) is 0 Å². The Labute approximate surface area is 83.7 Å². The van der Waals surface area contributed by atoms with E-state index in [4.69, 9.17) is 4.79 Å². The predicted octanol–water partition coefficient (Wildman–Crippen LogP) is 4.48. The number of carbonyl (C=O) groups is 1. The second-order valence-corrected chi connectivity index (χ2v) is 3.57. The van der Waals surface area contributed by atoms with Crippen LogP contribution in [-0.4, -0.2) is 4.70 Å². The standard InChI is InChI=1S/C8H14.CCl2O/c1-2-4-6-8-7-5-3-1;2-1(3)4/h1-2H,3-8H2;. The maximum Gasteiger partial charge on any atom is 0.313 e. The molecule has 12 heavy (non-hydrogen) atoms. The molecule has 0 saturated carbocycles. The van der Waals surface area contributed by atoms with Crippen molar-refractivity contribution in [3.8, 4) is 0 Å². The lowest BCUT2D eigenvalue weighted by molar-refractivity contribution is 0.275. The van der Waals surface area contributed by atoms with Gasteiger partial charge in [-0.3, -0.25) is 4.79 Å². The van der Waals surface area contributed by atoms with Crippen LogP contribution in [0.15, 0.2) is 12.2 Å². The fourth-order valence-corrected chi connectivity index (χ4v) is 1.11. The molecule has 1 rings (SSSR count).